The zero-order valence-electron chi connectivity index (χ0n) is 15.1. The summed E-state index contributed by atoms with van der Waals surface area (Å²) in [6, 6.07) is 20.7. The highest BCUT2D eigenvalue weighted by atomic mass is 16.6. The van der Waals surface area contributed by atoms with Gasteiger partial charge in [0.15, 0.2) is 0 Å². The van der Waals surface area contributed by atoms with Crippen molar-refractivity contribution in [1.82, 2.24) is 4.90 Å². The first-order valence-corrected chi connectivity index (χ1v) is 8.85. The maximum atomic E-state index is 12.3. The van der Waals surface area contributed by atoms with Crippen molar-refractivity contribution in [3.05, 3.63) is 78.0 Å². The lowest BCUT2D eigenvalue weighted by atomic mass is 9.88. The summed E-state index contributed by atoms with van der Waals surface area (Å²) < 4.78 is 5.30. The summed E-state index contributed by atoms with van der Waals surface area (Å²) in [4.78, 5) is 14.0. The summed E-state index contributed by atoms with van der Waals surface area (Å²) in [6.07, 6.45) is 1.74. The van der Waals surface area contributed by atoms with Crippen LogP contribution in [0.25, 0.3) is 5.57 Å². The molecule has 3 heteroatoms. The first-order valence-electron chi connectivity index (χ1n) is 8.85. The minimum Gasteiger partial charge on any atom is -0.447 e. The van der Waals surface area contributed by atoms with Crippen molar-refractivity contribution >= 4 is 11.7 Å². The molecular formula is C22H25NO2. The third-order valence-corrected chi connectivity index (χ3v) is 4.87. The van der Waals surface area contributed by atoms with Crippen LogP contribution in [0.1, 0.15) is 37.8 Å². The van der Waals surface area contributed by atoms with Crippen LogP contribution in [-0.2, 0) is 4.74 Å². The number of carbonyl (C=O) groups excluding carboxylic acids is 1. The van der Waals surface area contributed by atoms with Crippen molar-refractivity contribution in [3.8, 4) is 0 Å². The zero-order valence-corrected chi connectivity index (χ0v) is 15.1. The van der Waals surface area contributed by atoms with E-state index in [1.54, 1.807) is 4.90 Å². The molecular weight excluding hydrogens is 310 g/mol. The van der Waals surface area contributed by atoms with Crippen molar-refractivity contribution in [2.24, 2.45) is 5.92 Å². The van der Waals surface area contributed by atoms with Crippen LogP contribution in [0.3, 0.4) is 0 Å². The number of ether oxygens (including phenoxy) is 1. The number of carbonyl (C=O) groups is 1. The van der Waals surface area contributed by atoms with E-state index in [1.807, 2.05) is 30.5 Å². The Balaban J connectivity index is 2.03. The monoisotopic (exact) mass is 335 g/mol. The molecule has 1 aliphatic rings. The van der Waals surface area contributed by atoms with Crippen LogP contribution < -0.4 is 0 Å². The first kappa shape index (κ1) is 17.3. The van der Waals surface area contributed by atoms with E-state index in [0.717, 1.165) is 11.1 Å². The predicted molar refractivity (Wildman–Crippen MR) is 101 cm³/mol. The number of nitrogens with zero attached hydrogens (tertiary/aromatic N) is 1. The quantitative estimate of drug-likeness (QED) is 0.741. The molecule has 0 aliphatic carbocycles. The molecule has 0 bridgehead atoms. The number of amides is 1. The van der Waals surface area contributed by atoms with Gasteiger partial charge in [-0.25, -0.2) is 4.79 Å². The molecule has 0 spiro atoms. The summed E-state index contributed by atoms with van der Waals surface area (Å²) in [5, 5.41) is 0. The zero-order chi connectivity index (χ0) is 17.8. The molecule has 130 valence electrons. The van der Waals surface area contributed by atoms with Crippen molar-refractivity contribution in [3.63, 3.8) is 0 Å². The SMILES string of the molecule is CC(/C(=C/N1C(=O)OCC1C(C)C)c1ccccc1)c1ccccc1. The molecule has 2 atom stereocenters. The van der Waals surface area contributed by atoms with Gasteiger partial charge in [0.2, 0.25) is 0 Å². The van der Waals surface area contributed by atoms with Gasteiger partial charge >= 0.3 is 6.09 Å². The average molecular weight is 335 g/mol. The van der Waals surface area contributed by atoms with Crippen LogP contribution in [0.5, 0.6) is 0 Å². The molecule has 2 aromatic rings. The molecule has 1 aliphatic heterocycles. The number of rotatable bonds is 5. The van der Waals surface area contributed by atoms with Crippen molar-refractivity contribution in [2.75, 3.05) is 6.61 Å². The summed E-state index contributed by atoms with van der Waals surface area (Å²) in [5.74, 6) is 0.511. The molecule has 1 amide bonds. The molecule has 3 nitrogen and oxygen atoms in total. The molecule has 0 radical (unpaired) electrons. The van der Waals surface area contributed by atoms with Gasteiger partial charge in [-0.3, -0.25) is 4.90 Å². The Morgan fingerprint density at radius 2 is 1.64 bits per heavy atom. The second-order valence-corrected chi connectivity index (χ2v) is 6.88. The molecule has 2 aromatic carbocycles. The summed E-state index contributed by atoms with van der Waals surface area (Å²) in [5.41, 5.74) is 3.48. The highest BCUT2D eigenvalue weighted by Crippen LogP contribution is 2.33. The smallest absolute Gasteiger partial charge is 0.414 e. The Morgan fingerprint density at radius 1 is 1.04 bits per heavy atom. The van der Waals surface area contributed by atoms with Crippen LogP contribution in [0.15, 0.2) is 66.9 Å². The molecule has 0 aromatic heterocycles. The Morgan fingerprint density at radius 3 is 2.24 bits per heavy atom. The molecule has 0 saturated carbocycles. The van der Waals surface area contributed by atoms with Gasteiger partial charge in [0.1, 0.15) is 6.61 Å². The van der Waals surface area contributed by atoms with Gasteiger partial charge in [-0.05, 0) is 22.6 Å². The highest BCUT2D eigenvalue weighted by molar-refractivity contribution is 5.77. The topological polar surface area (TPSA) is 29.5 Å². The maximum Gasteiger partial charge on any atom is 0.414 e. The van der Waals surface area contributed by atoms with E-state index in [0.29, 0.717) is 12.5 Å². The molecule has 1 fully saturated rings. The molecule has 1 saturated heterocycles. The minimum absolute atomic E-state index is 0.0779. The van der Waals surface area contributed by atoms with Crippen LogP contribution in [0.2, 0.25) is 0 Å². The number of hydrogen-bond acceptors (Lipinski definition) is 2. The fraction of sp³-hybridized carbons (Fsp3) is 0.318. The van der Waals surface area contributed by atoms with Gasteiger partial charge in [0, 0.05) is 12.1 Å². The van der Waals surface area contributed by atoms with Gasteiger partial charge in [-0.15, -0.1) is 0 Å². The molecule has 1 heterocycles. The van der Waals surface area contributed by atoms with Crippen molar-refractivity contribution in [1.29, 1.82) is 0 Å². The lowest BCUT2D eigenvalue weighted by Crippen LogP contribution is -2.33. The Hall–Kier alpha value is -2.55. The summed E-state index contributed by atoms with van der Waals surface area (Å²) in [6.45, 7) is 6.88. The van der Waals surface area contributed by atoms with Crippen molar-refractivity contribution < 1.29 is 9.53 Å². The highest BCUT2D eigenvalue weighted by Gasteiger charge is 2.34. The number of cyclic esters (lactones) is 1. The van der Waals surface area contributed by atoms with E-state index >= 15 is 0 Å². The Labute approximate surface area is 149 Å². The second kappa shape index (κ2) is 7.56. The molecule has 3 rings (SSSR count). The fourth-order valence-corrected chi connectivity index (χ4v) is 3.25. The number of hydrogen-bond donors (Lipinski definition) is 0. The molecule has 25 heavy (non-hydrogen) atoms. The van der Waals surface area contributed by atoms with E-state index in [-0.39, 0.29) is 18.1 Å². The van der Waals surface area contributed by atoms with Crippen LogP contribution in [-0.4, -0.2) is 23.6 Å². The normalized spacial score (nSPS) is 19.2. The van der Waals surface area contributed by atoms with Crippen LogP contribution in [0, 0.1) is 5.92 Å². The van der Waals surface area contributed by atoms with Gasteiger partial charge in [-0.1, -0.05) is 81.4 Å². The van der Waals surface area contributed by atoms with Crippen LogP contribution in [0.4, 0.5) is 4.79 Å². The van der Waals surface area contributed by atoms with E-state index in [1.165, 1.54) is 5.56 Å². The first-order chi connectivity index (χ1) is 12.1. The standard InChI is InChI=1S/C22H25NO2/c1-16(2)21-15-25-22(24)23(21)14-20(19-12-8-5-9-13-19)17(3)18-10-6-4-7-11-18/h4-14,16-17,21H,15H2,1-3H3/b20-14-. The van der Waals surface area contributed by atoms with Gasteiger partial charge in [0.05, 0.1) is 6.04 Å². The van der Waals surface area contributed by atoms with E-state index in [2.05, 4.69) is 57.2 Å². The fourth-order valence-electron chi connectivity index (χ4n) is 3.25. The lowest BCUT2D eigenvalue weighted by molar-refractivity contribution is 0.166. The van der Waals surface area contributed by atoms with Crippen molar-refractivity contribution in [2.45, 2.75) is 32.7 Å². The summed E-state index contributed by atoms with van der Waals surface area (Å²) >= 11 is 0. The Kier molecular flexibility index (Phi) is 5.22. The summed E-state index contributed by atoms with van der Waals surface area (Å²) in [7, 11) is 0. The van der Waals surface area contributed by atoms with Gasteiger partial charge in [0.25, 0.3) is 0 Å². The third kappa shape index (κ3) is 3.76. The maximum absolute atomic E-state index is 12.3. The van der Waals surface area contributed by atoms with E-state index in [4.69, 9.17) is 4.74 Å². The average Bonchev–Trinajstić information content (AvgIpc) is 3.01. The van der Waals surface area contributed by atoms with E-state index < -0.39 is 0 Å². The minimum atomic E-state index is -0.257. The van der Waals surface area contributed by atoms with Crippen LogP contribution >= 0.6 is 0 Å². The third-order valence-electron chi connectivity index (χ3n) is 4.87. The molecule has 0 N–H and O–H groups in total. The lowest BCUT2D eigenvalue weighted by Gasteiger charge is -2.25. The second-order valence-electron chi connectivity index (χ2n) is 6.88. The predicted octanol–water partition coefficient (Wildman–Crippen LogP) is 5.31. The molecule has 2 unspecified atom stereocenters. The largest absolute Gasteiger partial charge is 0.447 e. The Bertz CT molecular complexity index is 737. The van der Waals surface area contributed by atoms with Gasteiger partial charge < -0.3 is 4.74 Å². The number of allylic oxidation sites excluding steroid dienone is 1. The van der Waals surface area contributed by atoms with E-state index in [9.17, 15) is 4.79 Å². The number of benzene rings is 2. The van der Waals surface area contributed by atoms with Gasteiger partial charge in [-0.2, -0.15) is 0 Å².